The first-order valence-electron chi connectivity index (χ1n) is 5.89. The summed E-state index contributed by atoms with van der Waals surface area (Å²) in [6.07, 6.45) is 0. The maximum Gasteiger partial charge on any atom is 0.123 e. The summed E-state index contributed by atoms with van der Waals surface area (Å²) in [5, 5.41) is 3.33. The molecule has 1 aromatic rings. The third kappa shape index (κ3) is 3.41. The van der Waals surface area contributed by atoms with Crippen molar-refractivity contribution >= 4 is 12.4 Å². The number of hydrogen-bond acceptors (Lipinski definition) is 2. The molecule has 0 spiro atoms. The lowest BCUT2D eigenvalue weighted by atomic mass is 10.0. The van der Waals surface area contributed by atoms with Crippen LogP contribution in [0, 0.1) is 12.7 Å². The van der Waals surface area contributed by atoms with Gasteiger partial charge in [0, 0.05) is 32.2 Å². The van der Waals surface area contributed by atoms with Gasteiger partial charge in [0.1, 0.15) is 5.82 Å². The molecule has 2 nitrogen and oxygen atoms in total. The molecule has 2 rings (SSSR count). The van der Waals surface area contributed by atoms with Crippen molar-refractivity contribution < 1.29 is 4.39 Å². The molecule has 1 N–H and O–H groups in total. The van der Waals surface area contributed by atoms with Crippen LogP contribution in [0.25, 0.3) is 0 Å². The van der Waals surface area contributed by atoms with Gasteiger partial charge in [0.05, 0.1) is 0 Å². The quantitative estimate of drug-likeness (QED) is 0.877. The smallest absolute Gasteiger partial charge is 0.123 e. The fourth-order valence-corrected chi connectivity index (χ4v) is 2.33. The van der Waals surface area contributed by atoms with Gasteiger partial charge in [-0.15, -0.1) is 12.4 Å². The van der Waals surface area contributed by atoms with Crippen LogP contribution in [-0.2, 0) is 0 Å². The molecule has 0 unspecified atom stereocenters. The Morgan fingerprint density at radius 1 is 1.29 bits per heavy atom. The number of nitrogens with zero attached hydrogens (tertiary/aromatic N) is 1. The van der Waals surface area contributed by atoms with Crippen LogP contribution < -0.4 is 5.32 Å². The molecule has 17 heavy (non-hydrogen) atoms. The van der Waals surface area contributed by atoms with Gasteiger partial charge in [-0.1, -0.05) is 6.07 Å². The SMILES string of the molecule is Cc1ccc(F)cc1[C@H](C)N1CCNCC1.Cl. The Morgan fingerprint density at radius 3 is 2.59 bits per heavy atom. The van der Waals surface area contributed by atoms with Crippen molar-refractivity contribution in [3.63, 3.8) is 0 Å². The molecule has 1 atom stereocenters. The van der Waals surface area contributed by atoms with Crippen LogP contribution in [0.4, 0.5) is 4.39 Å². The molecule has 0 aliphatic carbocycles. The van der Waals surface area contributed by atoms with Gasteiger partial charge in [-0.3, -0.25) is 4.90 Å². The van der Waals surface area contributed by atoms with Gasteiger partial charge < -0.3 is 5.32 Å². The summed E-state index contributed by atoms with van der Waals surface area (Å²) in [6, 6.07) is 5.37. The number of nitrogens with one attached hydrogen (secondary N) is 1. The fourth-order valence-electron chi connectivity index (χ4n) is 2.33. The van der Waals surface area contributed by atoms with Gasteiger partial charge in [0.2, 0.25) is 0 Å². The molecule has 0 aromatic heterocycles. The summed E-state index contributed by atoms with van der Waals surface area (Å²) in [5.74, 6) is -0.136. The molecule has 1 heterocycles. The first-order chi connectivity index (χ1) is 7.68. The maximum absolute atomic E-state index is 13.2. The second-order valence-electron chi connectivity index (χ2n) is 4.46. The molecular formula is C13H20ClFN2. The van der Waals surface area contributed by atoms with E-state index in [9.17, 15) is 4.39 Å². The van der Waals surface area contributed by atoms with Crippen molar-refractivity contribution in [3.05, 3.63) is 35.1 Å². The van der Waals surface area contributed by atoms with E-state index in [0.717, 1.165) is 31.7 Å². The third-order valence-corrected chi connectivity index (χ3v) is 3.39. The summed E-state index contributed by atoms with van der Waals surface area (Å²) >= 11 is 0. The number of hydrogen-bond donors (Lipinski definition) is 1. The molecule has 1 aliphatic rings. The molecular weight excluding hydrogens is 239 g/mol. The minimum absolute atomic E-state index is 0. The normalized spacial score (nSPS) is 18.5. The van der Waals surface area contributed by atoms with Crippen LogP contribution in [0.1, 0.15) is 24.1 Å². The molecule has 0 amide bonds. The number of rotatable bonds is 2. The number of benzene rings is 1. The molecule has 1 aromatic carbocycles. The standard InChI is InChI=1S/C13H19FN2.ClH/c1-10-3-4-12(14)9-13(10)11(2)16-7-5-15-6-8-16;/h3-4,9,11,15H,5-8H2,1-2H3;1H/t11-;/m0./s1. The van der Waals surface area contributed by atoms with E-state index in [1.807, 2.05) is 13.0 Å². The summed E-state index contributed by atoms with van der Waals surface area (Å²) in [4.78, 5) is 2.40. The van der Waals surface area contributed by atoms with E-state index in [-0.39, 0.29) is 18.2 Å². The highest BCUT2D eigenvalue weighted by Crippen LogP contribution is 2.24. The van der Waals surface area contributed by atoms with Crippen LogP contribution in [0.5, 0.6) is 0 Å². The van der Waals surface area contributed by atoms with Crippen LogP contribution >= 0.6 is 12.4 Å². The highest BCUT2D eigenvalue weighted by atomic mass is 35.5. The van der Waals surface area contributed by atoms with E-state index in [1.165, 1.54) is 11.6 Å². The second-order valence-corrected chi connectivity index (χ2v) is 4.46. The average Bonchev–Trinajstić information content (AvgIpc) is 2.32. The monoisotopic (exact) mass is 258 g/mol. The van der Waals surface area contributed by atoms with Gasteiger partial charge >= 0.3 is 0 Å². The summed E-state index contributed by atoms with van der Waals surface area (Å²) in [7, 11) is 0. The molecule has 0 saturated carbocycles. The predicted octanol–water partition coefficient (Wildman–Crippen LogP) is 2.52. The van der Waals surface area contributed by atoms with Crippen molar-refractivity contribution in [3.8, 4) is 0 Å². The lowest BCUT2D eigenvalue weighted by Crippen LogP contribution is -2.44. The zero-order valence-corrected chi connectivity index (χ0v) is 11.2. The van der Waals surface area contributed by atoms with Gasteiger partial charge in [-0.05, 0) is 37.1 Å². The summed E-state index contributed by atoms with van der Waals surface area (Å²) in [6.45, 7) is 8.34. The summed E-state index contributed by atoms with van der Waals surface area (Å²) in [5.41, 5.74) is 2.29. The van der Waals surface area contributed by atoms with E-state index in [0.29, 0.717) is 6.04 Å². The zero-order chi connectivity index (χ0) is 11.5. The molecule has 96 valence electrons. The highest BCUT2D eigenvalue weighted by molar-refractivity contribution is 5.85. The Kier molecular flexibility index (Phi) is 5.37. The van der Waals surface area contributed by atoms with Crippen molar-refractivity contribution in [1.82, 2.24) is 10.2 Å². The minimum atomic E-state index is -0.136. The van der Waals surface area contributed by atoms with E-state index in [1.54, 1.807) is 6.07 Å². The highest BCUT2D eigenvalue weighted by Gasteiger charge is 2.19. The van der Waals surface area contributed by atoms with Gasteiger partial charge in [-0.25, -0.2) is 4.39 Å². The lowest BCUT2D eigenvalue weighted by Gasteiger charge is -2.33. The van der Waals surface area contributed by atoms with E-state index in [4.69, 9.17) is 0 Å². The number of aryl methyl sites for hydroxylation is 1. The second kappa shape index (κ2) is 6.34. The predicted molar refractivity (Wildman–Crippen MR) is 71.2 cm³/mol. The minimum Gasteiger partial charge on any atom is -0.314 e. The van der Waals surface area contributed by atoms with Crippen molar-refractivity contribution in [2.75, 3.05) is 26.2 Å². The van der Waals surface area contributed by atoms with Crippen LogP contribution in [0.3, 0.4) is 0 Å². The molecule has 0 bridgehead atoms. The lowest BCUT2D eigenvalue weighted by molar-refractivity contribution is 0.185. The molecule has 4 heteroatoms. The van der Waals surface area contributed by atoms with Gasteiger partial charge in [-0.2, -0.15) is 0 Å². The first-order valence-corrected chi connectivity index (χ1v) is 5.89. The van der Waals surface area contributed by atoms with Gasteiger partial charge in [0.25, 0.3) is 0 Å². The first kappa shape index (κ1) is 14.4. The molecule has 1 aliphatic heterocycles. The Bertz CT molecular complexity index is 364. The Morgan fingerprint density at radius 2 is 1.94 bits per heavy atom. The van der Waals surface area contributed by atoms with Crippen molar-refractivity contribution in [2.24, 2.45) is 0 Å². The number of halogens is 2. The van der Waals surface area contributed by atoms with E-state index in [2.05, 4.69) is 17.1 Å². The van der Waals surface area contributed by atoms with E-state index >= 15 is 0 Å². The summed E-state index contributed by atoms with van der Waals surface area (Å²) < 4.78 is 13.2. The topological polar surface area (TPSA) is 15.3 Å². The molecule has 1 saturated heterocycles. The Labute approximate surface area is 109 Å². The maximum atomic E-state index is 13.2. The van der Waals surface area contributed by atoms with Crippen LogP contribution in [-0.4, -0.2) is 31.1 Å². The largest absolute Gasteiger partial charge is 0.314 e. The molecule has 1 fully saturated rings. The van der Waals surface area contributed by atoms with Crippen LogP contribution in [0.15, 0.2) is 18.2 Å². The average molecular weight is 259 g/mol. The van der Waals surface area contributed by atoms with Crippen molar-refractivity contribution in [2.45, 2.75) is 19.9 Å². The zero-order valence-electron chi connectivity index (χ0n) is 10.4. The fraction of sp³-hybridized carbons (Fsp3) is 0.538. The van der Waals surface area contributed by atoms with E-state index < -0.39 is 0 Å². The van der Waals surface area contributed by atoms with Gasteiger partial charge in [0.15, 0.2) is 0 Å². The van der Waals surface area contributed by atoms with Crippen LogP contribution in [0.2, 0.25) is 0 Å². The molecule has 0 radical (unpaired) electrons. The third-order valence-electron chi connectivity index (χ3n) is 3.39. The number of piperazine rings is 1. The van der Waals surface area contributed by atoms with Crippen molar-refractivity contribution in [1.29, 1.82) is 0 Å². The Balaban J connectivity index is 0.00000144. The Hall–Kier alpha value is -0.640.